The van der Waals surface area contributed by atoms with E-state index in [0.717, 1.165) is 11.0 Å². The lowest BCUT2D eigenvalue weighted by Gasteiger charge is -2.05. The van der Waals surface area contributed by atoms with Crippen LogP contribution in [0.5, 0.6) is 0 Å². The number of benzene rings is 2. The molecule has 7 nitrogen and oxygen atoms in total. The molecule has 106 valence electrons. The highest BCUT2D eigenvalue weighted by Gasteiger charge is 2.20. The number of para-hydroxylation sites is 3. The quantitative estimate of drug-likeness (QED) is 0.388. The zero-order valence-electron chi connectivity index (χ0n) is 10.7. The molecule has 0 saturated heterocycles. The van der Waals surface area contributed by atoms with Crippen molar-refractivity contribution in [3.63, 3.8) is 0 Å². The van der Waals surface area contributed by atoms with Gasteiger partial charge in [-0.15, -0.1) is 0 Å². The number of fused-ring (bicyclic) bond motifs is 1. The molecule has 3 rings (SSSR count). The normalized spacial score (nSPS) is 10.7. The van der Waals surface area contributed by atoms with Crippen LogP contribution < -0.4 is 11.3 Å². The molecule has 1 heterocycles. The Morgan fingerprint density at radius 2 is 2.05 bits per heavy atom. The van der Waals surface area contributed by atoms with Gasteiger partial charge in [0.05, 0.1) is 20.9 Å². The smallest absolute Gasteiger partial charge is 0.307 e. The molecule has 0 aliphatic carbocycles. The lowest BCUT2D eigenvalue weighted by atomic mass is 10.3. The molecule has 0 bridgehead atoms. The third kappa shape index (κ3) is 2.54. The zero-order valence-corrected chi connectivity index (χ0v) is 11.6. The van der Waals surface area contributed by atoms with Crippen LogP contribution in [0.4, 0.5) is 11.4 Å². The molecule has 1 aromatic heterocycles. The summed E-state index contributed by atoms with van der Waals surface area (Å²) in [7, 11) is 0. The van der Waals surface area contributed by atoms with Crippen LogP contribution in [0.3, 0.4) is 0 Å². The number of aromatic amines is 1. The van der Waals surface area contributed by atoms with Gasteiger partial charge in [0.15, 0.2) is 5.16 Å². The number of nitrogen functional groups attached to an aromatic ring is 1. The summed E-state index contributed by atoms with van der Waals surface area (Å²) in [5.74, 6) is 5.32. The van der Waals surface area contributed by atoms with Crippen molar-refractivity contribution in [1.82, 2.24) is 9.97 Å². The summed E-state index contributed by atoms with van der Waals surface area (Å²) in [5, 5.41) is 11.8. The van der Waals surface area contributed by atoms with Gasteiger partial charge in [-0.25, -0.2) is 4.98 Å². The monoisotopic (exact) mass is 301 g/mol. The maximum absolute atomic E-state index is 11.2. The second-order valence-corrected chi connectivity index (χ2v) is 5.25. The Balaban J connectivity index is 2.03. The van der Waals surface area contributed by atoms with Crippen molar-refractivity contribution < 1.29 is 4.92 Å². The third-order valence-electron chi connectivity index (χ3n) is 2.91. The van der Waals surface area contributed by atoms with Crippen LogP contribution in [0.25, 0.3) is 11.0 Å². The first-order valence-electron chi connectivity index (χ1n) is 6.05. The van der Waals surface area contributed by atoms with E-state index in [0.29, 0.717) is 10.1 Å². The summed E-state index contributed by atoms with van der Waals surface area (Å²) < 4.78 is 0. The highest BCUT2D eigenvalue weighted by molar-refractivity contribution is 7.99. The number of nitrogens with zero attached hydrogens (tertiary/aromatic N) is 2. The number of nitrogens with one attached hydrogen (secondary N) is 2. The molecule has 0 unspecified atom stereocenters. The van der Waals surface area contributed by atoms with Gasteiger partial charge in [-0.2, -0.15) is 0 Å². The second-order valence-electron chi connectivity index (χ2n) is 4.21. The zero-order chi connectivity index (χ0) is 14.8. The lowest BCUT2D eigenvalue weighted by molar-refractivity contribution is -0.386. The highest BCUT2D eigenvalue weighted by atomic mass is 32.2. The standard InChI is InChI=1S/C13H11N5O2S/c14-17-10-6-3-7-11(12(10)18(19)20)21-13-15-8-4-1-2-5-9(8)16-13/h1-7,17H,14H2,(H,15,16). The Labute approximate surface area is 123 Å². The molecule has 2 aromatic carbocycles. The first-order valence-corrected chi connectivity index (χ1v) is 6.87. The maximum Gasteiger partial charge on any atom is 0.307 e. The molecule has 0 atom stereocenters. The van der Waals surface area contributed by atoms with Crippen LogP contribution in [0.1, 0.15) is 0 Å². The first-order chi connectivity index (χ1) is 10.2. The number of hydrogen-bond acceptors (Lipinski definition) is 6. The molecule has 0 spiro atoms. The Morgan fingerprint density at radius 1 is 1.24 bits per heavy atom. The Morgan fingerprint density at radius 3 is 2.76 bits per heavy atom. The molecule has 0 aliphatic heterocycles. The molecule has 0 radical (unpaired) electrons. The minimum atomic E-state index is -0.458. The van der Waals surface area contributed by atoms with Crippen molar-refractivity contribution in [3.8, 4) is 0 Å². The maximum atomic E-state index is 11.2. The topological polar surface area (TPSA) is 110 Å². The van der Waals surface area contributed by atoms with Crippen LogP contribution in [0.15, 0.2) is 52.5 Å². The van der Waals surface area contributed by atoms with Crippen LogP contribution in [-0.2, 0) is 0 Å². The number of nitro benzene ring substituents is 1. The van der Waals surface area contributed by atoms with E-state index < -0.39 is 4.92 Å². The van der Waals surface area contributed by atoms with Crippen molar-refractivity contribution >= 4 is 34.2 Å². The fraction of sp³-hybridized carbons (Fsp3) is 0. The molecule has 0 aliphatic rings. The molecule has 8 heteroatoms. The largest absolute Gasteiger partial charge is 0.333 e. The van der Waals surface area contributed by atoms with Gasteiger partial charge in [0.25, 0.3) is 0 Å². The van der Waals surface area contributed by atoms with Gasteiger partial charge >= 0.3 is 5.69 Å². The van der Waals surface area contributed by atoms with Crippen LogP contribution in [-0.4, -0.2) is 14.9 Å². The SMILES string of the molecule is NNc1cccc(Sc2nc3ccccc3[nH]2)c1[N+](=O)[O-]. The van der Waals surface area contributed by atoms with E-state index >= 15 is 0 Å². The summed E-state index contributed by atoms with van der Waals surface area (Å²) in [5.41, 5.74) is 4.25. The van der Waals surface area contributed by atoms with E-state index in [1.54, 1.807) is 18.2 Å². The fourth-order valence-electron chi connectivity index (χ4n) is 1.99. The van der Waals surface area contributed by atoms with E-state index in [-0.39, 0.29) is 11.4 Å². The molecular weight excluding hydrogens is 290 g/mol. The molecule has 0 amide bonds. The summed E-state index contributed by atoms with van der Waals surface area (Å²) in [4.78, 5) is 18.8. The number of aromatic nitrogens is 2. The van der Waals surface area contributed by atoms with Gasteiger partial charge in [-0.3, -0.25) is 16.0 Å². The summed E-state index contributed by atoms with van der Waals surface area (Å²) >= 11 is 1.19. The molecule has 0 saturated carbocycles. The van der Waals surface area contributed by atoms with E-state index in [2.05, 4.69) is 15.4 Å². The summed E-state index contributed by atoms with van der Waals surface area (Å²) in [6.07, 6.45) is 0. The summed E-state index contributed by atoms with van der Waals surface area (Å²) in [6, 6.07) is 12.5. The van der Waals surface area contributed by atoms with Crippen molar-refractivity contribution in [1.29, 1.82) is 0 Å². The first kappa shape index (κ1) is 13.4. The molecule has 21 heavy (non-hydrogen) atoms. The predicted molar refractivity (Wildman–Crippen MR) is 81.1 cm³/mol. The van der Waals surface area contributed by atoms with Crippen molar-refractivity contribution in [2.75, 3.05) is 5.43 Å². The third-order valence-corrected chi connectivity index (χ3v) is 3.85. The van der Waals surface area contributed by atoms with Gasteiger partial charge in [-0.05, 0) is 36.0 Å². The number of imidazole rings is 1. The molecular formula is C13H11N5O2S. The van der Waals surface area contributed by atoms with Crippen molar-refractivity contribution in [3.05, 3.63) is 52.6 Å². The number of nitro groups is 1. The van der Waals surface area contributed by atoms with Gasteiger partial charge in [0.2, 0.25) is 0 Å². The highest BCUT2D eigenvalue weighted by Crippen LogP contribution is 2.38. The number of anilines is 1. The van der Waals surface area contributed by atoms with Crippen LogP contribution >= 0.6 is 11.8 Å². The lowest BCUT2D eigenvalue weighted by Crippen LogP contribution is -2.09. The predicted octanol–water partition coefficient (Wildman–Crippen LogP) is 2.91. The minimum Gasteiger partial charge on any atom is -0.333 e. The number of rotatable bonds is 4. The number of hydrazine groups is 1. The van der Waals surface area contributed by atoms with Gasteiger partial charge in [0, 0.05) is 0 Å². The van der Waals surface area contributed by atoms with Crippen molar-refractivity contribution in [2.24, 2.45) is 5.84 Å². The Bertz CT molecular complexity index is 784. The number of hydrogen-bond donors (Lipinski definition) is 3. The number of nitrogens with two attached hydrogens (primary N) is 1. The molecule has 4 N–H and O–H groups in total. The fourth-order valence-corrected chi connectivity index (χ4v) is 2.93. The van der Waals surface area contributed by atoms with Gasteiger partial charge in [0.1, 0.15) is 5.69 Å². The molecule has 0 fully saturated rings. The van der Waals surface area contributed by atoms with Gasteiger partial charge < -0.3 is 10.4 Å². The molecule has 3 aromatic rings. The van der Waals surface area contributed by atoms with E-state index in [1.807, 2.05) is 24.3 Å². The summed E-state index contributed by atoms with van der Waals surface area (Å²) in [6.45, 7) is 0. The van der Waals surface area contributed by atoms with E-state index in [4.69, 9.17) is 5.84 Å². The van der Waals surface area contributed by atoms with Crippen LogP contribution in [0.2, 0.25) is 0 Å². The average Bonchev–Trinajstić information content (AvgIpc) is 2.88. The Kier molecular flexibility index (Phi) is 3.46. The average molecular weight is 301 g/mol. The van der Waals surface area contributed by atoms with E-state index in [1.165, 1.54) is 11.8 Å². The minimum absolute atomic E-state index is 0.0644. The second kappa shape index (κ2) is 5.43. The number of H-pyrrole nitrogens is 1. The van der Waals surface area contributed by atoms with Crippen LogP contribution in [0, 0.1) is 10.1 Å². The van der Waals surface area contributed by atoms with Crippen molar-refractivity contribution in [2.45, 2.75) is 10.1 Å². The van der Waals surface area contributed by atoms with Gasteiger partial charge in [-0.1, -0.05) is 18.2 Å². The van der Waals surface area contributed by atoms with E-state index in [9.17, 15) is 10.1 Å². The Hall–Kier alpha value is -2.58.